The Kier molecular flexibility index (Phi) is 5.64. The number of nitrogens with one attached hydrogen (secondary N) is 1. The van der Waals surface area contributed by atoms with E-state index in [2.05, 4.69) is 5.32 Å². The average molecular weight is 433 g/mol. The molecule has 1 atom stereocenters. The van der Waals surface area contributed by atoms with Gasteiger partial charge in [0.05, 0.1) is 6.04 Å². The molecular weight excluding hydrogens is 410 g/mol. The van der Waals surface area contributed by atoms with Gasteiger partial charge >= 0.3 is 0 Å². The number of carbonyl (C=O) groups is 2. The molecule has 0 aliphatic carbocycles. The van der Waals surface area contributed by atoms with Crippen LogP contribution in [-0.2, 0) is 10.2 Å². The second-order valence-corrected chi connectivity index (χ2v) is 8.39. The predicted molar refractivity (Wildman–Crippen MR) is 112 cm³/mol. The number of hydrogen-bond acceptors (Lipinski definition) is 3. The van der Waals surface area contributed by atoms with Crippen LogP contribution < -0.4 is 10.2 Å². The van der Waals surface area contributed by atoms with Crippen LogP contribution in [0.3, 0.4) is 0 Å². The van der Waals surface area contributed by atoms with Crippen molar-refractivity contribution >= 4 is 29.0 Å². The van der Waals surface area contributed by atoms with E-state index < -0.39 is 34.6 Å². The molecular formula is C23H23ClF2N2O2. The van der Waals surface area contributed by atoms with Crippen LogP contribution in [-0.4, -0.2) is 30.8 Å². The Morgan fingerprint density at radius 1 is 1.17 bits per heavy atom. The Bertz CT molecular complexity index is 984. The number of hydrogen-bond donors (Lipinski definition) is 1. The fourth-order valence-corrected chi connectivity index (χ4v) is 5.08. The smallest absolute Gasteiger partial charge is 0.264 e. The summed E-state index contributed by atoms with van der Waals surface area (Å²) < 4.78 is 29.0. The predicted octanol–water partition coefficient (Wildman–Crippen LogP) is 4.64. The van der Waals surface area contributed by atoms with E-state index in [0.29, 0.717) is 30.0 Å². The summed E-state index contributed by atoms with van der Waals surface area (Å²) in [6, 6.07) is 8.06. The number of anilines is 1. The molecule has 0 bridgehead atoms. The van der Waals surface area contributed by atoms with E-state index in [-0.39, 0.29) is 12.2 Å². The molecule has 1 amide bonds. The first-order valence-electron chi connectivity index (χ1n) is 10.2. The summed E-state index contributed by atoms with van der Waals surface area (Å²) in [5.41, 5.74) is 0.352. The molecule has 4 rings (SSSR count). The number of carbonyl (C=O) groups excluding carboxylic acids is 2. The van der Waals surface area contributed by atoms with E-state index in [9.17, 15) is 18.4 Å². The molecule has 0 radical (unpaired) electrons. The van der Waals surface area contributed by atoms with Crippen molar-refractivity contribution in [1.29, 1.82) is 0 Å². The number of piperidine rings is 1. The zero-order valence-electron chi connectivity index (χ0n) is 16.7. The van der Waals surface area contributed by atoms with Crippen LogP contribution >= 0.6 is 11.6 Å². The number of halogens is 3. The van der Waals surface area contributed by atoms with Crippen molar-refractivity contribution in [2.75, 3.05) is 18.0 Å². The molecule has 0 saturated carbocycles. The monoisotopic (exact) mass is 432 g/mol. The summed E-state index contributed by atoms with van der Waals surface area (Å²) in [5, 5.41) is 3.85. The average Bonchev–Trinajstić information content (AvgIpc) is 2.97. The lowest BCUT2D eigenvalue weighted by Gasteiger charge is -2.41. The fraction of sp³-hybridized carbons (Fsp3) is 0.391. The molecule has 1 N–H and O–H groups in total. The lowest BCUT2D eigenvalue weighted by Crippen LogP contribution is -2.53. The molecule has 30 heavy (non-hydrogen) atoms. The lowest BCUT2D eigenvalue weighted by atomic mass is 9.68. The van der Waals surface area contributed by atoms with Crippen LogP contribution in [0, 0.1) is 11.6 Å². The molecule has 158 valence electrons. The minimum atomic E-state index is -0.914. The van der Waals surface area contributed by atoms with Gasteiger partial charge in [0.2, 0.25) is 0 Å². The highest BCUT2D eigenvalue weighted by Crippen LogP contribution is 2.52. The van der Waals surface area contributed by atoms with E-state index in [1.165, 1.54) is 11.0 Å². The van der Waals surface area contributed by atoms with Gasteiger partial charge in [-0.1, -0.05) is 24.6 Å². The Balaban J connectivity index is 1.91. The van der Waals surface area contributed by atoms with Gasteiger partial charge in [0.25, 0.3) is 5.91 Å². The number of Topliss-reactive ketones (excluding diaryl/α,β-unsaturated/α-hetero) is 1. The van der Waals surface area contributed by atoms with Crippen LogP contribution in [0.2, 0.25) is 5.02 Å². The summed E-state index contributed by atoms with van der Waals surface area (Å²) >= 11 is 6.30. The highest BCUT2D eigenvalue weighted by molar-refractivity contribution is 6.30. The van der Waals surface area contributed by atoms with Crippen molar-refractivity contribution in [1.82, 2.24) is 5.32 Å². The largest absolute Gasteiger partial charge is 0.317 e. The van der Waals surface area contributed by atoms with Gasteiger partial charge in [0.1, 0.15) is 23.0 Å². The Labute approximate surface area is 179 Å². The van der Waals surface area contributed by atoms with Crippen molar-refractivity contribution in [3.63, 3.8) is 0 Å². The molecule has 1 spiro atoms. The highest BCUT2D eigenvalue weighted by atomic mass is 35.5. The standard InChI is InChI=1S/C23H23ClF2N2O2/c1-2-15(29)13-20-23(8-10-27-11-9-23)16-12-14(24)6-7-19(16)28(20)22(30)21-17(25)4-3-5-18(21)26/h3-7,12,20,27H,2,8-11,13H2,1H3/t20-/m1/s1. The summed E-state index contributed by atoms with van der Waals surface area (Å²) in [5.74, 6) is -2.59. The second-order valence-electron chi connectivity index (χ2n) is 7.95. The van der Waals surface area contributed by atoms with Crippen molar-refractivity contribution < 1.29 is 18.4 Å². The molecule has 1 saturated heterocycles. The van der Waals surface area contributed by atoms with Gasteiger partial charge in [-0.15, -0.1) is 0 Å². The zero-order valence-corrected chi connectivity index (χ0v) is 17.4. The number of rotatable bonds is 4. The Hall–Kier alpha value is -2.31. The summed E-state index contributed by atoms with van der Waals surface area (Å²) in [7, 11) is 0. The van der Waals surface area contributed by atoms with Crippen LogP contribution in [0.15, 0.2) is 36.4 Å². The Morgan fingerprint density at radius 2 is 1.83 bits per heavy atom. The summed E-state index contributed by atoms with van der Waals surface area (Å²) in [6.45, 7) is 3.22. The van der Waals surface area contributed by atoms with Gasteiger partial charge < -0.3 is 10.2 Å². The van der Waals surface area contributed by atoms with Gasteiger partial charge in [-0.2, -0.15) is 0 Å². The number of amides is 1. The van der Waals surface area contributed by atoms with E-state index in [0.717, 1.165) is 30.8 Å². The zero-order chi connectivity index (χ0) is 21.5. The quantitative estimate of drug-likeness (QED) is 0.765. The van der Waals surface area contributed by atoms with Crippen LogP contribution in [0.25, 0.3) is 0 Å². The molecule has 7 heteroatoms. The van der Waals surface area contributed by atoms with Crippen LogP contribution in [0.4, 0.5) is 14.5 Å². The van der Waals surface area contributed by atoms with Crippen LogP contribution in [0.1, 0.15) is 48.5 Å². The van der Waals surface area contributed by atoms with E-state index in [4.69, 9.17) is 11.6 Å². The third-order valence-corrected chi connectivity index (χ3v) is 6.65. The molecule has 0 aromatic heterocycles. The molecule has 4 nitrogen and oxygen atoms in total. The van der Waals surface area contributed by atoms with E-state index in [1.807, 2.05) is 6.07 Å². The summed E-state index contributed by atoms with van der Waals surface area (Å²) in [6.07, 6.45) is 1.86. The molecule has 1 fully saturated rings. The SMILES string of the molecule is CCC(=O)C[C@H]1N(C(=O)c2c(F)cccc2F)c2ccc(Cl)cc2C12CCNCC2. The highest BCUT2D eigenvalue weighted by Gasteiger charge is 2.54. The van der Waals surface area contributed by atoms with Crippen molar-refractivity contribution in [2.45, 2.75) is 44.1 Å². The molecule has 2 aliphatic rings. The normalized spacial score (nSPS) is 19.7. The lowest BCUT2D eigenvalue weighted by molar-refractivity contribution is -0.119. The number of ketones is 1. The molecule has 2 heterocycles. The van der Waals surface area contributed by atoms with Crippen molar-refractivity contribution in [3.8, 4) is 0 Å². The topological polar surface area (TPSA) is 49.4 Å². The maximum atomic E-state index is 14.5. The molecule has 2 aromatic carbocycles. The van der Waals surface area contributed by atoms with Gasteiger partial charge in [0.15, 0.2) is 0 Å². The maximum absolute atomic E-state index is 14.5. The minimum absolute atomic E-state index is 0.00335. The van der Waals surface area contributed by atoms with Gasteiger partial charge in [-0.25, -0.2) is 8.78 Å². The third kappa shape index (κ3) is 3.32. The van der Waals surface area contributed by atoms with Crippen molar-refractivity contribution in [3.05, 3.63) is 64.2 Å². The first-order valence-corrected chi connectivity index (χ1v) is 10.6. The van der Waals surface area contributed by atoms with E-state index >= 15 is 0 Å². The van der Waals surface area contributed by atoms with E-state index in [1.54, 1.807) is 19.1 Å². The summed E-state index contributed by atoms with van der Waals surface area (Å²) in [4.78, 5) is 27.5. The van der Waals surface area contributed by atoms with Gasteiger partial charge in [0, 0.05) is 29.0 Å². The first kappa shape index (κ1) is 20.9. The van der Waals surface area contributed by atoms with Gasteiger partial charge in [-0.3, -0.25) is 9.59 Å². The molecule has 2 aromatic rings. The molecule has 2 aliphatic heterocycles. The van der Waals surface area contributed by atoms with Crippen LogP contribution in [0.5, 0.6) is 0 Å². The molecule has 0 unspecified atom stereocenters. The first-order chi connectivity index (χ1) is 14.4. The third-order valence-electron chi connectivity index (χ3n) is 6.41. The van der Waals surface area contributed by atoms with Crippen molar-refractivity contribution in [2.24, 2.45) is 0 Å². The number of nitrogens with zero attached hydrogens (tertiary/aromatic N) is 1. The number of fused-ring (bicyclic) bond motifs is 2. The maximum Gasteiger partial charge on any atom is 0.264 e. The second kappa shape index (κ2) is 8.08. The van der Waals surface area contributed by atoms with Gasteiger partial charge in [-0.05, 0) is 61.8 Å². The minimum Gasteiger partial charge on any atom is -0.317 e. The number of benzene rings is 2. The fourth-order valence-electron chi connectivity index (χ4n) is 4.91. The Morgan fingerprint density at radius 3 is 2.47 bits per heavy atom.